The Kier molecular flexibility index (Phi) is 6.06. The molecule has 0 N–H and O–H groups in total. The lowest BCUT2D eigenvalue weighted by Crippen LogP contribution is -1.96. The quantitative estimate of drug-likeness (QED) is 0.192. The van der Waals surface area contributed by atoms with E-state index < -0.39 is 0 Å². The summed E-state index contributed by atoms with van der Waals surface area (Å²) in [5.74, 6) is 0. The standard InChI is InChI=1S/C41H25N5/c1-3-15-31-27(11-1)29-13-5-7-17-34(29)45-40(31)38-22-10-21-37(44-38)36-20-9-19-33(43-36)26-23-24-42-39(25-26)41-32-16-4-2-12-28(32)30-14-6-8-18-35(30)46-41/h1-25H. The van der Waals surface area contributed by atoms with Gasteiger partial charge in [0.25, 0.3) is 0 Å². The third kappa shape index (κ3) is 4.37. The zero-order chi connectivity index (χ0) is 30.5. The molecular weight excluding hydrogens is 562 g/mol. The van der Waals surface area contributed by atoms with Gasteiger partial charge in [-0.05, 0) is 59.3 Å². The van der Waals surface area contributed by atoms with E-state index in [1.807, 2.05) is 60.8 Å². The highest BCUT2D eigenvalue weighted by Gasteiger charge is 2.15. The van der Waals surface area contributed by atoms with Gasteiger partial charge in [-0.25, -0.2) is 19.9 Å². The molecule has 5 heteroatoms. The van der Waals surface area contributed by atoms with Gasteiger partial charge in [-0.15, -0.1) is 0 Å². The Morgan fingerprint density at radius 2 is 0.761 bits per heavy atom. The molecule has 0 aliphatic heterocycles. The van der Waals surface area contributed by atoms with Crippen LogP contribution in [0, 0.1) is 0 Å². The van der Waals surface area contributed by atoms with Crippen LogP contribution in [0.25, 0.3) is 88.8 Å². The second-order valence-electron chi connectivity index (χ2n) is 11.3. The Bertz CT molecular complexity index is 2430. The van der Waals surface area contributed by atoms with E-state index in [9.17, 15) is 0 Å². The Balaban J connectivity index is 1.13. The minimum Gasteiger partial charge on any atom is -0.255 e. The topological polar surface area (TPSA) is 64.5 Å². The number of para-hydroxylation sites is 2. The average Bonchev–Trinajstić information content (AvgIpc) is 3.14. The fraction of sp³-hybridized carbons (Fsp3) is 0. The molecule has 0 bridgehead atoms. The van der Waals surface area contributed by atoms with E-state index in [2.05, 4.69) is 91.0 Å². The molecule has 0 fully saturated rings. The van der Waals surface area contributed by atoms with Gasteiger partial charge in [0, 0.05) is 33.3 Å². The highest BCUT2D eigenvalue weighted by molar-refractivity contribution is 6.11. The van der Waals surface area contributed by atoms with Crippen LogP contribution < -0.4 is 0 Å². The molecule has 0 aliphatic carbocycles. The summed E-state index contributed by atoms with van der Waals surface area (Å²) in [5.41, 5.74) is 8.61. The van der Waals surface area contributed by atoms with Crippen LogP contribution >= 0.6 is 0 Å². The van der Waals surface area contributed by atoms with E-state index in [-0.39, 0.29) is 0 Å². The summed E-state index contributed by atoms with van der Waals surface area (Å²) in [6.07, 6.45) is 1.83. The van der Waals surface area contributed by atoms with Crippen molar-refractivity contribution in [3.8, 4) is 45.4 Å². The van der Waals surface area contributed by atoms with Crippen molar-refractivity contribution in [2.24, 2.45) is 0 Å². The summed E-state index contributed by atoms with van der Waals surface area (Å²) in [6, 6.07) is 49.4. The molecule has 0 saturated heterocycles. The van der Waals surface area contributed by atoms with Crippen molar-refractivity contribution in [1.29, 1.82) is 0 Å². The van der Waals surface area contributed by atoms with E-state index >= 15 is 0 Å². The van der Waals surface area contributed by atoms with E-state index in [0.29, 0.717) is 0 Å². The fourth-order valence-electron chi connectivity index (χ4n) is 6.37. The first-order chi connectivity index (χ1) is 22.8. The highest BCUT2D eigenvalue weighted by atomic mass is 14.8. The summed E-state index contributed by atoms with van der Waals surface area (Å²) in [4.78, 5) is 25.0. The zero-order valence-corrected chi connectivity index (χ0v) is 24.7. The Labute approximate surface area is 264 Å². The highest BCUT2D eigenvalue weighted by Crippen LogP contribution is 2.34. The molecule has 0 atom stereocenters. The van der Waals surface area contributed by atoms with Gasteiger partial charge in [0.2, 0.25) is 0 Å². The van der Waals surface area contributed by atoms with Crippen molar-refractivity contribution in [2.75, 3.05) is 0 Å². The second-order valence-corrected chi connectivity index (χ2v) is 11.3. The molecule has 5 aromatic heterocycles. The number of hydrogen-bond acceptors (Lipinski definition) is 5. The third-order valence-electron chi connectivity index (χ3n) is 8.52. The fourth-order valence-corrected chi connectivity index (χ4v) is 6.37. The van der Waals surface area contributed by atoms with Gasteiger partial charge in [0.15, 0.2) is 0 Å². The summed E-state index contributed by atoms with van der Waals surface area (Å²) < 4.78 is 0. The number of aromatic nitrogens is 5. The van der Waals surface area contributed by atoms with Gasteiger partial charge in [-0.1, -0.05) is 97.1 Å². The SMILES string of the molecule is c1cc(-c2ccnc(-c3nc4ccccc4c4ccccc34)c2)nc(-c2cccc(-c3nc4ccccc4c4ccccc34)n2)c1. The smallest absolute Gasteiger partial charge is 0.0972 e. The lowest BCUT2D eigenvalue weighted by molar-refractivity contribution is 1.23. The molecule has 0 unspecified atom stereocenters. The zero-order valence-electron chi connectivity index (χ0n) is 24.7. The van der Waals surface area contributed by atoms with Crippen molar-refractivity contribution >= 4 is 43.4 Å². The molecule has 9 rings (SSSR count). The van der Waals surface area contributed by atoms with Gasteiger partial charge >= 0.3 is 0 Å². The maximum atomic E-state index is 5.09. The predicted molar refractivity (Wildman–Crippen MR) is 187 cm³/mol. The average molecular weight is 588 g/mol. The monoisotopic (exact) mass is 587 g/mol. The van der Waals surface area contributed by atoms with Crippen molar-refractivity contribution in [2.45, 2.75) is 0 Å². The molecule has 4 aromatic carbocycles. The maximum absolute atomic E-state index is 5.09. The lowest BCUT2D eigenvalue weighted by atomic mass is 10.0. The van der Waals surface area contributed by atoms with Crippen molar-refractivity contribution in [3.63, 3.8) is 0 Å². The molecule has 9 aromatic rings. The van der Waals surface area contributed by atoms with Crippen LogP contribution in [0.15, 0.2) is 152 Å². The van der Waals surface area contributed by atoms with E-state index in [1.54, 1.807) is 0 Å². The number of nitrogens with zero attached hydrogens (tertiary/aromatic N) is 5. The summed E-state index contributed by atoms with van der Waals surface area (Å²) in [6.45, 7) is 0. The summed E-state index contributed by atoms with van der Waals surface area (Å²) >= 11 is 0. The van der Waals surface area contributed by atoms with Crippen LogP contribution in [0.5, 0.6) is 0 Å². The Morgan fingerprint density at radius 3 is 1.37 bits per heavy atom. The van der Waals surface area contributed by atoms with Crippen molar-refractivity contribution < 1.29 is 0 Å². The van der Waals surface area contributed by atoms with Crippen LogP contribution in [-0.4, -0.2) is 24.9 Å². The predicted octanol–water partition coefficient (Wildman–Crippen LogP) is 9.94. The van der Waals surface area contributed by atoms with Gasteiger partial charge in [0.1, 0.15) is 0 Å². The van der Waals surface area contributed by atoms with E-state index in [1.165, 1.54) is 0 Å². The molecule has 5 nitrogen and oxygen atoms in total. The van der Waals surface area contributed by atoms with Crippen molar-refractivity contribution in [1.82, 2.24) is 24.9 Å². The minimum atomic E-state index is 0.787. The number of pyridine rings is 5. The molecule has 46 heavy (non-hydrogen) atoms. The largest absolute Gasteiger partial charge is 0.255 e. The molecule has 0 spiro atoms. The second kappa shape index (κ2) is 10.7. The first-order valence-electron chi connectivity index (χ1n) is 15.3. The molecule has 0 radical (unpaired) electrons. The van der Waals surface area contributed by atoms with Crippen molar-refractivity contribution in [3.05, 3.63) is 152 Å². The Morgan fingerprint density at radius 1 is 0.304 bits per heavy atom. The van der Waals surface area contributed by atoms with Gasteiger partial charge < -0.3 is 0 Å². The molecule has 214 valence electrons. The first kappa shape index (κ1) is 26.1. The molecule has 5 heterocycles. The number of rotatable bonds is 4. The molecular formula is C41H25N5. The van der Waals surface area contributed by atoms with Crippen LogP contribution in [-0.2, 0) is 0 Å². The van der Waals surface area contributed by atoms with Crippen LogP contribution in [0.4, 0.5) is 0 Å². The maximum Gasteiger partial charge on any atom is 0.0972 e. The lowest BCUT2D eigenvalue weighted by Gasteiger charge is -2.11. The van der Waals surface area contributed by atoms with Crippen LogP contribution in [0.2, 0.25) is 0 Å². The molecule has 0 aliphatic rings. The normalized spacial score (nSPS) is 11.5. The van der Waals surface area contributed by atoms with Crippen LogP contribution in [0.1, 0.15) is 0 Å². The number of hydrogen-bond donors (Lipinski definition) is 0. The third-order valence-corrected chi connectivity index (χ3v) is 8.52. The summed E-state index contributed by atoms with van der Waals surface area (Å²) in [5, 5.41) is 6.74. The van der Waals surface area contributed by atoms with Crippen LogP contribution in [0.3, 0.4) is 0 Å². The molecule has 0 saturated carbocycles. The van der Waals surface area contributed by atoms with Gasteiger partial charge in [-0.2, -0.15) is 0 Å². The number of fused-ring (bicyclic) bond motifs is 6. The Hall–Kier alpha value is -6.33. The first-order valence-corrected chi connectivity index (χ1v) is 15.3. The van der Waals surface area contributed by atoms with Gasteiger partial charge in [0.05, 0.1) is 50.9 Å². The molecule has 0 amide bonds. The van der Waals surface area contributed by atoms with Gasteiger partial charge in [-0.3, -0.25) is 4.98 Å². The minimum absolute atomic E-state index is 0.787. The van der Waals surface area contributed by atoms with E-state index in [0.717, 1.165) is 88.8 Å². The summed E-state index contributed by atoms with van der Waals surface area (Å²) in [7, 11) is 0. The van der Waals surface area contributed by atoms with E-state index in [4.69, 9.17) is 24.9 Å². The number of benzene rings is 4.